The quantitative estimate of drug-likeness (QED) is 0.758. The molecule has 0 aromatic carbocycles. The van der Waals surface area contributed by atoms with Crippen molar-refractivity contribution in [3.05, 3.63) is 30.2 Å². The van der Waals surface area contributed by atoms with E-state index in [0.29, 0.717) is 18.9 Å². The lowest BCUT2D eigenvalue weighted by molar-refractivity contribution is 0.0595. The normalized spacial score (nSPS) is 18.1. The molecule has 2 N–H and O–H groups in total. The third-order valence-corrected chi connectivity index (χ3v) is 3.89. The molecule has 116 valence electrons. The van der Waals surface area contributed by atoms with E-state index in [1.807, 2.05) is 6.07 Å². The Labute approximate surface area is 132 Å². The van der Waals surface area contributed by atoms with Crippen molar-refractivity contribution >= 4 is 21.9 Å². The fourth-order valence-corrected chi connectivity index (χ4v) is 2.79. The SMILES string of the molecule is N#Cc1cc2c(cn1)[nH]c1nccc(OC[C@H]3COCCN3)c12. The third kappa shape index (κ3) is 2.59. The summed E-state index contributed by atoms with van der Waals surface area (Å²) in [6.45, 7) is 2.74. The summed E-state index contributed by atoms with van der Waals surface area (Å²) in [6, 6.07) is 5.83. The number of nitriles is 1. The molecule has 1 aliphatic heterocycles. The summed E-state index contributed by atoms with van der Waals surface area (Å²) < 4.78 is 11.4. The minimum atomic E-state index is 0.175. The van der Waals surface area contributed by atoms with Crippen molar-refractivity contribution in [2.45, 2.75) is 6.04 Å². The van der Waals surface area contributed by atoms with Crippen LogP contribution >= 0.6 is 0 Å². The molecular weight excluding hydrogens is 294 g/mol. The fourth-order valence-electron chi connectivity index (χ4n) is 2.79. The van der Waals surface area contributed by atoms with Crippen LogP contribution in [0.4, 0.5) is 0 Å². The molecule has 1 aliphatic rings. The summed E-state index contributed by atoms with van der Waals surface area (Å²) in [5.41, 5.74) is 1.93. The molecule has 0 unspecified atom stereocenters. The number of fused-ring (bicyclic) bond motifs is 3. The molecule has 4 heterocycles. The number of aromatic nitrogens is 3. The molecule has 3 aromatic rings. The first-order chi connectivity index (χ1) is 11.3. The van der Waals surface area contributed by atoms with Gasteiger partial charge in [0.15, 0.2) is 0 Å². The maximum absolute atomic E-state index is 9.06. The fraction of sp³-hybridized carbons (Fsp3) is 0.312. The number of hydrogen-bond donors (Lipinski definition) is 2. The number of nitrogens with one attached hydrogen (secondary N) is 2. The summed E-state index contributed by atoms with van der Waals surface area (Å²) >= 11 is 0. The third-order valence-electron chi connectivity index (χ3n) is 3.89. The summed E-state index contributed by atoms with van der Waals surface area (Å²) in [6.07, 6.45) is 3.35. The zero-order valence-corrected chi connectivity index (χ0v) is 12.4. The average molecular weight is 309 g/mol. The minimum absolute atomic E-state index is 0.175. The van der Waals surface area contributed by atoms with Crippen molar-refractivity contribution in [1.82, 2.24) is 20.3 Å². The van der Waals surface area contributed by atoms with E-state index in [2.05, 4.69) is 26.3 Å². The molecule has 1 fully saturated rings. The van der Waals surface area contributed by atoms with Gasteiger partial charge in [0.25, 0.3) is 0 Å². The lowest BCUT2D eigenvalue weighted by Gasteiger charge is -2.23. The lowest BCUT2D eigenvalue weighted by Crippen LogP contribution is -2.44. The van der Waals surface area contributed by atoms with E-state index in [-0.39, 0.29) is 6.04 Å². The van der Waals surface area contributed by atoms with Gasteiger partial charge in [0.2, 0.25) is 0 Å². The predicted molar refractivity (Wildman–Crippen MR) is 84.2 cm³/mol. The molecule has 0 aliphatic carbocycles. The van der Waals surface area contributed by atoms with Gasteiger partial charge in [0, 0.05) is 18.1 Å². The maximum atomic E-state index is 9.06. The van der Waals surface area contributed by atoms with Crippen LogP contribution in [0.3, 0.4) is 0 Å². The monoisotopic (exact) mass is 309 g/mol. The number of H-pyrrole nitrogens is 1. The highest BCUT2D eigenvalue weighted by Crippen LogP contribution is 2.31. The van der Waals surface area contributed by atoms with Crippen molar-refractivity contribution < 1.29 is 9.47 Å². The van der Waals surface area contributed by atoms with Crippen LogP contribution in [0.25, 0.3) is 21.9 Å². The maximum Gasteiger partial charge on any atom is 0.142 e. The average Bonchev–Trinajstić information content (AvgIpc) is 2.99. The molecule has 1 atom stereocenters. The van der Waals surface area contributed by atoms with Gasteiger partial charge in [-0.05, 0) is 12.1 Å². The minimum Gasteiger partial charge on any atom is -0.491 e. The van der Waals surface area contributed by atoms with E-state index in [9.17, 15) is 0 Å². The van der Waals surface area contributed by atoms with Gasteiger partial charge in [-0.2, -0.15) is 5.26 Å². The molecular formula is C16H15N5O2. The molecule has 0 amide bonds. The van der Waals surface area contributed by atoms with Crippen molar-refractivity contribution in [3.63, 3.8) is 0 Å². The van der Waals surface area contributed by atoms with E-state index in [1.54, 1.807) is 18.5 Å². The number of ether oxygens (including phenoxy) is 2. The first-order valence-corrected chi connectivity index (χ1v) is 7.45. The second-order valence-electron chi connectivity index (χ2n) is 5.42. The molecule has 7 nitrogen and oxygen atoms in total. The van der Waals surface area contributed by atoms with Crippen molar-refractivity contribution in [1.29, 1.82) is 5.26 Å². The molecule has 4 rings (SSSR count). The Balaban J connectivity index is 1.72. The highest BCUT2D eigenvalue weighted by atomic mass is 16.5. The molecule has 7 heteroatoms. The van der Waals surface area contributed by atoms with Crippen LogP contribution in [0.2, 0.25) is 0 Å². The zero-order valence-electron chi connectivity index (χ0n) is 12.4. The molecule has 0 radical (unpaired) electrons. The van der Waals surface area contributed by atoms with Gasteiger partial charge in [-0.15, -0.1) is 0 Å². The molecule has 1 saturated heterocycles. The number of pyridine rings is 2. The molecule has 0 spiro atoms. The first kappa shape index (κ1) is 13.9. The Kier molecular flexibility index (Phi) is 3.54. The van der Waals surface area contributed by atoms with Crippen molar-refractivity contribution in [2.24, 2.45) is 0 Å². The van der Waals surface area contributed by atoms with Gasteiger partial charge in [-0.3, -0.25) is 0 Å². The summed E-state index contributed by atoms with van der Waals surface area (Å²) in [5, 5.41) is 14.2. The van der Waals surface area contributed by atoms with Gasteiger partial charge >= 0.3 is 0 Å². The number of nitrogens with zero attached hydrogens (tertiary/aromatic N) is 3. The van der Waals surface area contributed by atoms with E-state index in [4.69, 9.17) is 14.7 Å². The zero-order chi connectivity index (χ0) is 15.6. The van der Waals surface area contributed by atoms with Crippen LogP contribution in [-0.4, -0.2) is 47.4 Å². The molecule has 0 saturated carbocycles. The number of rotatable bonds is 3. The highest BCUT2D eigenvalue weighted by molar-refractivity contribution is 6.09. The predicted octanol–water partition coefficient (Wildman–Crippen LogP) is 1.35. The van der Waals surface area contributed by atoms with E-state index in [1.165, 1.54) is 0 Å². The molecule has 0 bridgehead atoms. The largest absolute Gasteiger partial charge is 0.491 e. The van der Waals surface area contributed by atoms with E-state index >= 15 is 0 Å². The highest BCUT2D eigenvalue weighted by Gasteiger charge is 2.16. The second kappa shape index (κ2) is 5.83. The van der Waals surface area contributed by atoms with Crippen LogP contribution in [0.5, 0.6) is 5.75 Å². The first-order valence-electron chi connectivity index (χ1n) is 7.45. The van der Waals surface area contributed by atoms with Crippen LogP contribution in [-0.2, 0) is 4.74 Å². The van der Waals surface area contributed by atoms with Gasteiger partial charge in [-0.1, -0.05) is 0 Å². The Hall–Kier alpha value is -2.69. The van der Waals surface area contributed by atoms with Gasteiger partial charge in [-0.25, -0.2) is 9.97 Å². The van der Waals surface area contributed by atoms with Crippen molar-refractivity contribution in [2.75, 3.05) is 26.4 Å². The standard InChI is InChI=1S/C16H15N5O2/c17-6-10-5-12-13(7-20-10)21-16-15(12)14(1-2-19-16)23-9-11-8-22-4-3-18-11/h1-2,5,7,11,18H,3-4,8-9H2,(H,19,21)/t11-/m1/s1. The van der Waals surface area contributed by atoms with Gasteiger partial charge < -0.3 is 19.8 Å². The van der Waals surface area contributed by atoms with Crippen LogP contribution in [0.15, 0.2) is 24.5 Å². The molecule has 23 heavy (non-hydrogen) atoms. The number of morpholine rings is 1. The van der Waals surface area contributed by atoms with Crippen LogP contribution < -0.4 is 10.1 Å². The number of aromatic amines is 1. The Morgan fingerprint density at radius 3 is 3.22 bits per heavy atom. The topological polar surface area (TPSA) is 95.9 Å². The molecule has 3 aromatic heterocycles. The Morgan fingerprint density at radius 2 is 2.39 bits per heavy atom. The number of hydrogen-bond acceptors (Lipinski definition) is 6. The van der Waals surface area contributed by atoms with E-state index in [0.717, 1.165) is 40.8 Å². The second-order valence-corrected chi connectivity index (χ2v) is 5.42. The summed E-state index contributed by atoms with van der Waals surface area (Å²) in [5.74, 6) is 0.740. The van der Waals surface area contributed by atoms with Gasteiger partial charge in [0.1, 0.15) is 29.8 Å². The van der Waals surface area contributed by atoms with E-state index < -0.39 is 0 Å². The van der Waals surface area contributed by atoms with Gasteiger partial charge in [0.05, 0.1) is 36.4 Å². The smallest absolute Gasteiger partial charge is 0.142 e. The summed E-state index contributed by atoms with van der Waals surface area (Å²) in [4.78, 5) is 11.6. The van der Waals surface area contributed by atoms with Crippen molar-refractivity contribution in [3.8, 4) is 11.8 Å². The Bertz CT molecular complexity index is 892. The van der Waals surface area contributed by atoms with Crippen LogP contribution in [0.1, 0.15) is 5.69 Å². The van der Waals surface area contributed by atoms with Crippen LogP contribution in [0, 0.1) is 11.3 Å². The lowest BCUT2D eigenvalue weighted by atomic mass is 10.2. The summed E-state index contributed by atoms with van der Waals surface area (Å²) in [7, 11) is 0. The Morgan fingerprint density at radius 1 is 1.43 bits per heavy atom.